The van der Waals surface area contributed by atoms with Crippen LogP contribution in [0.5, 0.6) is 5.75 Å². The standard InChI is InChI=1S/C22H21NO3/c1-15(13-20-9-12-22(24)14-16(20)2)17-3-5-18(6-4-17)19-7-10-21(11-8-19)23(25)26/h3-12,14-15,24H,13H2,1-2H3. The molecule has 0 aliphatic carbocycles. The lowest BCUT2D eigenvalue weighted by Crippen LogP contribution is -2.00. The topological polar surface area (TPSA) is 63.4 Å². The minimum Gasteiger partial charge on any atom is -0.508 e. The molecule has 0 saturated heterocycles. The van der Waals surface area contributed by atoms with E-state index < -0.39 is 0 Å². The number of phenolic OH excluding ortho intramolecular Hbond substituents is 1. The summed E-state index contributed by atoms with van der Waals surface area (Å²) in [7, 11) is 0. The van der Waals surface area contributed by atoms with Gasteiger partial charge >= 0.3 is 0 Å². The van der Waals surface area contributed by atoms with Crippen molar-refractivity contribution < 1.29 is 10.0 Å². The Morgan fingerprint density at radius 3 is 2.08 bits per heavy atom. The molecule has 4 nitrogen and oxygen atoms in total. The zero-order chi connectivity index (χ0) is 18.7. The molecule has 0 heterocycles. The molecule has 0 fully saturated rings. The fourth-order valence-electron chi connectivity index (χ4n) is 3.14. The van der Waals surface area contributed by atoms with E-state index in [-0.39, 0.29) is 10.6 Å². The molecule has 1 N–H and O–H groups in total. The van der Waals surface area contributed by atoms with Gasteiger partial charge in [-0.05, 0) is 71.3 Å². The van der Waals surface area contributed by atoms with Crippen molar-refractivity contribution in [1.29, 1.82) is 0 Å². The van der Waals surface area contributed by atoms with Crippen molar-refractivity contribution in [3.63, 3.8) is 0 Å². The summed E-state index contributed by atoms with van der Waals surface area (Å²) in [6.07, 6.45) is 0.906. The first-order valence-electron chi connectivity index (χ1n) is 8.57. The van der Waals surface area contributed by atoms with Crippen LogP contribution in [0.2, 0.25) is 0 Å². The lowest BCUT2D eigenvalue weighted by molar-refractivity contribution is -0.384. The summed E-state index contributed by atoms with van der Waals surface area (Å²) in [4.78, 5) is 10.4. The molecule has 0 spiro atoms. The highest BCUT2D eigenvalue weighted by Crippen LogP contribution is 2.27. The Bertz CT molecular complexity index is 915. The van der Waals surface area contributed by atoms with Crippen molar-refractivity contribution in [3.8, 4) is 16.9 Å². The zero-order valence-corrected chi connectivity index (χ0v) is 14.8. The number of aromatic hydroxyl groups is 1. The molecular formula is C22H21NO3. The molecule has 0 bridgehead atoms. The summed E-state index contributed by atoms with van der Waals surface area (Å²) in [6.45, 7) is 4.20. The third-order valence-corrected chi connectivity index (χ3v) is 4.74. The SMILES string of the molecule is Cc1cc(O)ccc1CC(C)c1ccc(-c2ccc([N+](=O)[O-])cc2)cc1. The summed E-state index contributed by atoms with van der Waals surface area (Å²) in [6, 6.07) is 20.4. The van der Waals surface area contributed by atoms with Crippen LogP contribution in [0.3, 0.4) is 0 Å². The highest BCUT2D eigenvalue weighted by atomic mass is 16.6. The van der Waals surface area contributed by atoms with Crippen LogP contribution in [-0.4, -0.2) is 10.0 Å². The van der Waals surface area contributed by atoms with Crippen molar-refractivity contribution in [1.82, 2.24) is 0 Å². The summed E-state index contributed by atoms with van der Waals surface area (Å²) < 4.78 is 0. The van der Waals surface area contributed by atoms with Gasteiger partial charge in [0.1, 0.15) is 5.75 Å². The molecule has 3 aromatic carbocycles. The van der Waals surface area contributed by atoms with Gasteiger partial charge in [-0.3, -0.25) is 10.1 Å². The average molecular weight is 347 g/mol. The molecule has 0 amide bonds. The lowest BCUT2D eigenvalue weighted by Gasteiger charge is -2.15. The number of nitrogens with zero attached hydrogens (tertiary/aromatic N) is 1. The van der Waals surface area contributed by atoms with Crippen LogP contribution >= 0.6 is 0 Å². The van der Waals surface area contributed by atoms with Gasteiger partial charge in [-0.2, -0.15) is 0 Å². The van der Waals surface area contributed by atoms with Crippen LogP contribution in [0.4, 0.5) is 5.69 Å². The number of hydrogen-bond donors (Lipinski definition) is 1. The second kappa shape index (κ2) is 7.40. The quantitative estimate of drug-likeness (QED) is 0.481. The maximum absolute atomic E-state index is 10.8. The number of hydrogen-bond acceptors (Lipinski definition) is 3. The molecule has 0 radical (unpaired) electrons. The largest absolute Gasteiger partial charge is 0.508 e. The van der Waals surface area contributed by atoms with Crippen molar-refractivity contribution in [2.24, 2.45) is 0 Å². The summed E-state index contributed by atoms with van der Waals surface area (Å²) in [5.74, 6) is 0.649. The predicted molar refractivity (Wildman–Crippen MR) is 103 cm³/mol. The molecule has 1 atom stereocenters. The van der Waals surface area contributed by atoms with E-state index in [1.807, 2.05) is 13.0 Å². The van der Waals surface area contributed by atoms with E-state index in [0.717, 1.165) is 23.1 Å². The number of benzene rings is 3. The van der Waals surface area contributed by atoms with Crippen molar-refractivity contribution in [2.75, 3.05) is 0 Å². The second-order valence-corrected chi connectivity index (χ2v) is 6.64. The first-order valence-corrected chi connectivity index (χ1v) is 8.57. The summed E-state index contributed by atoms with van der Waals surface area (Å²) >= 11 is 0. The van der Waals surface area contributed by atoms with Crippen LogP contribution in [-0.2, 0) is 6.42 Å². The number of nitro groups is 1. The third-order valence-electron chi connectivity index (χ3n) is 4.74. The number of nitro benzene ring substituents is 1. The molecule has 132 valence electrons. The number of aryl methyl sites for hydroxylation is 1. The maximum Gasteiger partial charge on any atom is 0.269 e. The number of non-ortho nitro benzene ring substituents is 1. The van der Waals surface area contributed by atoms with Gasteiger partial charge in [-0.1, -0.05) is 37.3 Å². The first kappa shape index (κ1) is 17.7. The van der Waals surface area contributed by atoms with Crippen molar-refractivity contribution in [2.45, 2.75) is 26.2 Å². The Morgan fingerprint density at radius 2 is 1.54 bits per heavy atom. The molecule has 0 aliphatic rings. The van der Waals surface area contributed by atoms with E-state index in [9.17, 15) is 15.2 Å². The Balaban J connectivity index is 1.75. The molecule has 0 aliphatic heterocycles. The van der Waals surface area contributed by atoms with Gasteiger partial charge in [0, 0.05) is 12.1 Å². The van der Waals surface area contributed by atoms with E-state index >= 15 is 0 Å². The monoisotopic (exact) mass is 347 g/mol. The minimum atomic E-state index is -0.389. The van der Waals surface area contributed by atoms with Gasteiger partial charge in [0.05, 0.1) is 4.92 Å². The van der Waals surface area contributed by atoms with Crippen LogP contribution in [0.15, 0.2) is 66.7 Å². The fourth-order valence-corrected chi connectivity index (χ4v) is 3.14. The van der Waals surface area contributed by atoms with Crippen LogP contribution in [0.1, 0.15) is 29.5 Å². The van der Waals surface area contributed by atoms with Crippen LogP contribution in [0, 0.1) is 17.0 Å². The van der Waals surface area contributed by atoms with Crippen LogP contribution in [0.25, 0.3) is 11.1 Å². The van der Waals surface area contributed by atoms with Gasteiger partial charge in [0.15, 0.2) is 0 Å². The molecule has 3 rings (SSSR count). The van der Waals surface area contributed by atoms with Crippen molar-refractivity contribution >= 4 is 5.69 Å². The second-order valence-electron chi connectivity index (χ2n) is 6.64. The highest BCUT2D eigenvalue weighted by molar-refractivity contribution is 5.65. The molecule has 3 aromatic rings. The number of phenols is 1. The minimum absolute atomic E-state index is 0.100. The maximum atomic E-state index is 10.8. The molecule has 26 heavy (non-hydrogen) atoms. The third kappa shape index (κ3) is 3.91. The predicted octanol–water partition coefficient (Wildman–Crippen LogP) is 5.62. The summed E-state index contributed by atoms with van der Waals surface area (Å²) in [5.41, 5.74) is 5.67. The van der Waals surface area contributed by atoms with Gasteiger partial charge < -0.3 is 5.11 Å². The normalized spacial score (nSPS) is 11.9. The van der Waals surface area contributed by atoms with Gasteiger partial charge in [-0.25, -0.2) is 0 Å². The van der Waals surface area contributed by atoms with E-state index in [1.165, 1.54) is 23.3 Å². The molecular weight excluding hydrogens is 326 g/mol. The molecule has 0 aromatic heterocycles. The smallest absolute Gasteiger partial charge is 0.269 e. The van der Waals surface area contributed by atoms with Crippen molar-refractivity contribution in [3.05, 3.63) is 93.5 Å². The first-order chi connectivity index (χ1) is 12.4. The zero-order valence-electron chi connectivity index (χ0n) is 14.8. The van der Waals surface area contributed by atoms with Gasteiger partial charge in [0.2, 0.25) is 0 Å². The molecule has 4 heteroatoms. The van der Waals surface area contributed by atoms with Gasteiger partial charge in [0.25, 0.3) is 5.69 Å². The highest BCUT2D eigenvalue weighted by Gasteiger charge is 2.10. The Kier molecular flexibility index (Phi) is 5.03. The van der Waals surface area contributed by atoms with Crippen LogP contribution < -0.4 is 0 Å². The Labute approximate surface area is 152 Å². The lowest BCUT2D eigenvalue weighted by atomic mass is 9.90. The van der Waals surface area contributed by atoms with E-state index in [4.69, 9.17) is 0 Å². The van der Waals surface area contributed by atoms with Gasteiger partial charge in [-0.15, -0.1) is 0 Å². The molecule has 0 saturated carbocycles. The number of rotatable bonds is 5. The fraction of sp³-hybridized carbons (Fsp3) is 0.182. The summed E-state index contributed by atoms with van der Waals surface area (Å²) in [5, 5.41) is 20.3. The Morgan fingerprint density at radius 1 is 0.962 bits per heavy atom. The Hall–Kier alpha value is -3.14. The van der Waals surface area contributed by atoms with E-state index in [1.54, 1.807) is 24.3 Å². The van der Waals surface area contributed by atoms with E-state index in [2.05, 4.69) is 31.2 Å². The van der Waals surface area contributed by atoms with E-state index in [0.29, 0.717) is 11.7 Å². The molecule has 1 unspecified atom stereocenters. The average Bonchev–Trinajstić information content (AvgIpc) is 2.64.